The average Bonchev–Trinajstić information content (AvgIpc) is 2.64. The van der Waals surface area contributed by atoms with E-state index in [4.69, 9.17) is 5.26 Å². The van der Waals surface area contributed by atoms with E-state index in [2.05, 4.69) is 6.07 Å². The molecule has 2 atom stereocenters. The van der Waals surface area contributed by atoms with E-state index in [1.807, 2.05) is 30.3 Å². The molecule has 0 aliphatic heterocycles. The Bertz CT molecular complexity index is 410. The third-order valence-corrected chi connectivity index (χ3v) is 4.31. The number of hydrogen-bond acceptors (Lipinski definition) is 3. The molecule has 1 unspecified atom stereocenters. The molecule has 0 spiro atoms. The maximum atomic E-state index is 11.7. The fourth-order valence-corrected chi connectivity index (χ4v) is 3.30. The van der Waals surface area contributed by atoms with Crippen LogP contribution in [0.15, 0.2) is 35.2 Å². The first-order valence-electron chi connectivity index (χ1n) is 5.42. The van der Waals surface area contributed by atoms with Gasteiger partial charge in [-0.3, -0.25) is 4.79 Å². The largest absolute Gasteiger partial charge is 0.298 e. The second kappa shape index (κ2) is 5.18. The molecule has 2 nitrogen and oxygen atoms in total. The molecule has 1 aromatic carbocycles. The minimum Gasteiger partial charge on any atom is -0.298 e. The third kappa shape index (κ3) is 2.45. The molecule has 0 bridgehead atoms. The van der Waals surface area contributed by atoms with E-state index in [0.29, 0.717) is 18.6 Å². The zero-order valence-corrected chi connectivity index (χ0v) is 9.74. The van der Waals surface area contributed by atoms with Crippen LogP contribution in [0.3, 0.4) is 0 Å². The SMILES string of the molecule is N#CCC1CCC(=O)[C@H]1Sc1ccccc1. The van der Waals surface area contributed by atoms with Gasteiger partial charge in [0.25, 0.3) is 0 Å². The van der Waals surface area contributed by atoms with Gasteiger partial charge in [-0.05, 0) is 24.5 Å². The standard InChI is InChI=1S/C13H13NOS/c14-9-8-10-6-7-12(15)13(10)16-11-4-2-1-3-5-11/h1-5,10,13H,6-8H2/t10?,13-/m0/s1. The monoisotopic (exact) mass is 231 g/mol. The van der Waals surface area contributed by atoms with E-state index in [9.17, 15) is 4.79 Å². The van der Waals surface area contributed by atoms with Crippen molar-refractivity contribution >= 4 is 17.5 Å². The van der Waals surface area contributed by atoms with Gasteiger partial charge >= 0.3 is 0 Å². The molecule has 0 heterocycles. The second-order valence-electron chi connectivity index (χ2n) is 3.98. The molecule has 1 fully saturated rings. The van der Waals surface area contributed by atoms with Crippen molar-refractivity contribution in [2.75, 3.05) is 0 Å². The van der Waals surface area contributed by atoms with E-state index in [0.717, 1.165) is 11.3 Å². The van der Waals surface area contributed by atoms with Crippen LogP contribution in [0.4, 0.5) is 0 Å². The van der Waals surface area contributed by atoms with Crippen LogP contribution in [-0.2, 0) is 4.79 Å². The molecular formula is C13H13NOS. The number of hydrogen-bond donors (Lipinski definition) is 0. The van der Waals surface area contributed by atoms with E-state index in [-0.39, 0.29) is 11.2 Å². The Morgan fingerprint density at radius 3 is 2.81 bits per heavy atom. The molecule has 3 heteroatoms. The lowest BCUT2D eigenvalue weighted by Gasteiger charge is -2.14. The van der Waals surface area contributed by atoms with Crippen LogP contribution in [0.1, 0.15) is 19.3 Å². The molecule has 0 aromatic heterocycles. The van der Waals surface area contributed by atoms with Gasteiger partial charge in [0, 0.05) is 17.7 Å². The van der Waals surface area contributed by atoms with Crippen molar-refractivity contribution in [2.45, 2.75) is 29.4 Å². The van der Waals surface area contributed by atoms with Gasteiger partial charge in [0.05, 0.1) is 11.3 Å². The molecule has 0 N–H and O–H groups in total. The quantitative estimate of drug-likeness (QED) is 0.802. The van der Waals surface area contributed by atoms with Gasteiger partial charge in [-0.15, -0.1) is 11.8 Å². The third-order valence-electron chi connectivity index (χ3n) is 2.87. The predicted octanol–water partition coefficient (Wildman–Crippen LogP) is 3.04. The molecule has 2 rings (SSSR count). The lowest BCUT2D eigenvalue weighted by molar-refractivity contribution is -0.117. The van der Waals surface area contributed by atoms with Gasteiger partial charge < -0.3 is 0 Å². The summed E-state index contributed by atoms with van der Waals surface area (Å²) in [6.07, 6.45) is 2.00. The molecular weight excluding hydrogens is 218 g/mol. The van der Waals surface area contributed by atoms with Crippen LogP contribution < -0.4 is 0 Å². The Kier molecular flexibility index (Phi) is 3.63. The normalized spacial score (nSPS) is 24.3. The molecule has 16 heavy (non-hydrogen) atoms. The molecule has 1 aliphatic rings. The Morgan fingerprint density at radius 2 is 2.12 bits per heavy atom. The second-order valence-corrected chi connectivity index (χ2v) is 5.19. The Morgan fingerprint density at radius 1 is 1.38 bits per heavy atom. The summed E-state index contributed by atoms with van der Waals surface area (Å²) in [7, 11) is 0. The maximum absolute atomic E-state index is 11.7. The van der Waals surface area contributed by atoms with Crippen molar-refractivity contribution in [2.24, 2.45) is 5.92 Å². The number of carbonyl (C=O) groups is 1. The first-order chi connectivity index (χ1) is 7.81. The van der Waals surface area contributed by atoms with Gasteiger partial charge in [0.1, 0.15) is 5.78 Å². The van der Waals surface area contributed by atoms with Crippen LogP contribution >= 0.6 is 11.8 Å². The highest BCUT2D eigenvalue weighted by Crippen LogP contribution is 2.38. The predicted molar refractivity (Wildman–Crippen MR) is 64.0 cm³/mol. The van der Waals surface area contributed by atoms with E-state index < -0.39 is 0 Å². The molecule has 1 aromatic rings. The van der Waals surface area contributed by atoms with Crippen LogP contribution in [-0.4, -0.2) is 11.0 Å². The highest BCUT2D eigenvalue weighted by Gasteiger charge is 2.34. The van der Waals surface area contributed by atoms with Crippen molar-refractivity contribution in [1.82, 2.24) is 0 Å². The average molecular weight is 231 g/mol. The Labute approximate surface area is 99.7 Å². The number of nitriles is 1. The first-order valence-corrected chi connectivity index (χ1v) is 6.30. The Balaban J connectivity index is 2.07. The highest BCUT2D eigenvalue weighted by atomic mass is 32.2. The fourth-order valence-electron chi connectivity index (χ4n) is 2.02. The molecule has 0 saturated heterocycles. The zero-order valence-electron chi connectivity index (χ0n) is 8.93. The summed E-state index contributed by atoms with van der Waals surface area (Å²) in [5.74, 6) is 0.539. The van der Waals surface area contributed by atoms with Gasteiger partial charge in [-0.1, -0.05) is 18.2 Å². The summed E-state index contributed by atoms with van der Waals surface area (Å²) in [6.45, 7) is 0. The van der Waals surface area contributed by atoms with Crippen LogP contribution in [0.25, 0.3) is 0 Å². The fraction of sp³-hybridized carbons (Fsp3) is 0.385. The first kappa shape index (κ1) is 11.2. The van der Waals surface area contributed by atoms with Gasteiger partial charge in [-0.2, -0.15) is 5.26 Å². The van der Waals surface area contributed by atoms with Crippen molar-refractivity contribution in [1.29, 1.82) is 5.26 Å². The van der Waals surface area contributed by atoms with Crippen LogP contribution in [0, 0.1) is 17.2 Å². The Hall–Kier alpha value is -1.27. The van der Waals surface area contributed by atoms with E-state index in [1.54, 1.807) is 11.8 Å². The molecule has 0 radical (unpaired) electrons. The summed E-state index contributed by atoms with van der Waals surface area (Å²) in [5, 5.41) is 8.71. The summed E-state index contributed by atoms with van der Waals surface area (Å²) in [6, 6.07) is 12.1. The van der Waals surface area contributed by atoms with Gasteiger partial charge in [0.15, 0.2) is 0 Å². The number of thioether (sulfide) groups is 1. The number of Topliss-reactive ketones (excluding diaryl/α,β-unsaturated/α-hetero) is 1. The van der Waals surface area contributed by atoms with Crippen molar-refractivity contribution in [3.8, 4) is 6.07 Å². The lowest BCUT2D eigenvalue weighted by Crippen LogP contribution is -2.16. The van der Waals surface area contributed by atoms with E-state index >= 15 is 0 Å². The smallest absolute Gasteiger partial charge is 0.146 e. The summed E-state index contributed by atoms with van der Waals surface area (Å²) < 4.78 is 0. The van der Waals surface area contributed by atoms with Crippen molar-refractivity contribution in [3.05, 3.63) is 30.3 Å². The minimum atomic E-state index is -0.0120. The van der Waals surface area contributed by atoms with E-state index in [1.165, 1.54) is 0 Å². The van der Waals surface area contributed by atoms with Crippen LogP contribution in [0.5, 0.6) is 0 Å². The minimum absolute atomic E-state index is 0.0120. The molecule has 82 valence electrons. The summed E-state index contributed by atoms with van der Waals surface area (Å²) in [5.41, 5.74) is 0. The number of ketones is 1. The van der Waals surface area contributed by atoms with Gasteiger partial charge in [-0.25, -0.2) is 0 Å². The zero-order chi connectivity index (χ0) is 11.4. The van der Waals surface area contributed by atoms with Gasteiger partial charge in [0.2, 0.25) is 0 Å². The summed E-state index contributed by atoms with van der Waals surface area (Å²) >= 11 is 1.61. The number of nitrogens with zero attached hydrogens (tertiary/aromatic N) is 1. The lowest BCUT2D eigenvalue weighted by atomic mass is 10.1. The highest BCUT2D eigenvalue weighted by molar-refractivity contribution is 8.00. The van der Waals surface area contributed by atoms with Crippen LogP contribution in [0.2, 0.25) is 0 Å². The molecule has 0 amide bonds. The molecule has 1 saturated carbocycles. The summed E-state index contributed by atoms with van der Waals surface area (Å²) in [4.78, 5) is 12.9. The number of carbonyl (C=O) groups excluding carboxylic acids is 1. The maximum Gasteiger partial charge on any atom is 0.146 e. The van der Waals surface area contributed by atoms with Crippen molar-refractivity contribution in [3.63, 3.8) is 0 Å². The number of benzene rings is 1. The molecule has 1 aliphatic carbocycles. The van der Waals surface area contributed by atoms with Crippen molar-refractivity contribution < 1.29 is 4.79 Å². The topological polar surface area (TPSA) is 40.9 Å². The number of rotatable bonds is 3.